The Kier molecular flexibility index (Phi) is 7.03. The third-order valence-electron chi connectivity index (χ3n) is 5.33. The summed E-state index contributed by atoms with van der Waals surface area (Å²) in [4.78, 5) is 32.7. The standard InChI is InChI=1S/C24H26N4O2S/c1-5-6-17-7-9-18(10-8-17)22-16(4)31-24(28-22)27-21(29)12-11-19-14(2)20(13-25)23(30)26-15(19)3/h7-10H,5-6,11-12H2,1-4H3,(H,26,30)(H,27,28,29). The van der Waals surface area contributed by atoms with Gasteiger partial charge in [0.1, 0.15) is 11.6 Å². The quantitative estimate of drug-likeness (QED) is 0.557. The van der Waals surface area contributed by atoms with Crippen molar-refractivity contribution in [3.8, 4) is 17.3 Å². The molecule has 1 aromatic carbocycles. The van der Waals surface area contributed by atoms with Gasteiger partial charge >= 0.3 is 0 Å². The van der Waals surface area contributed by atoms with E-state index >= 15 is 0 Å². The number of H-pyrrole nitrogens is 1. The fourth-order valence-corrected chi connectivity index (χ4v) is 4.53. The molecule has 0 aliphatic heterocycles. The third-order valence-corrected chi connectivity index (χ3v) is 6.22. The SMILES string of the molecule is CCCc1ccc(-c2nc(NC(=O)CCc3c(C)[nH]c(=O)c(C#N)c3C)sc2C)cc1. The minimum absolute atomic E-state index is 0.103. The van der Waals surface area contributed by atoms with Gasteiger partial charge in [-0.25, -0.2) is 4.98 Å². The van der Waals surface area contributed by atoms with Crippen LogP contribution >= 0.6 is 11.3 Å². The molecule has 0 radical (unpaired) electrons. The highest BCUT2D eigenvalue weighted by Gasteiger charge is 2.15. The second kappa shape index (κ2) is 9.71. The number of rotatable bonds is 7. The molecule has 6 nitrogen and oxygen atoms in total. The van der Waals surface area contributed by atoms with Crippen LogP contribution in [0, 0.1) is 32.1 Å². The zero-order chi connectivity index (χ0) is 22.5. The molecule has 0 aliphatic carbocycles. The van der Waals surface area contributed by atoms with E-state index in [9.17, 15) is 14.9 Å². The van der Waals surface area contributed by atoms with Gasteiger partial charge in [0.2, 0.25) is 5.91 Å². The number of nitriles is 1. The van der Waals surface area contributed by atoms with Crippen LogP contribution in [0.3, 0.4) is 0 Å². The van der Waals surface area contributed by atoms with E-state index in [1.807, 2.05) is 13.0 Å². The number of carbonyl (C=O) groups is 1. The molecule has 2 heterocycles. The van der Waals surface area contributed by atoms with Crippen LogP contribution < -0.4 is 10.9 Å². The molecule has 3 aromatic rings. The average molecular weight is 435 g/mol. The van der Waals surface area contributed by atoms with Gasteiger partial charge in [-0.3, -0.25) is 9.59 Å². The predicted octanol–water partition coefficient (Wildman–Crippen LogP) is 4.82. The highest BCUT2D eigenvalue weighted by atomic mass is 32.1. The van der Waals surface area contributed by atoms with Crippen molar-refractivity contribution in [2.24, 2.45) is 0 Å². The summed E-state index contributed by atoms with van der Waals surface area (Å²) in [6, 6.07) is 10.3. The number of aryl methyl sites for hydroxylation is 3. The van der Waals surface area contributed by atoms with Crippen LogP contribution in [0.1, 0.15) is 52.6 Å². The number of anilines is 1. The molecule has 0 atom stereocenters. The smallest absolute Gasteiger partial charge is 0.266 e. The second-order valence-corrected chi connectivity index (χ2v) is 8.79. The monoisotopic (exact) mass is 434 g/mol. The van der Waals surface area contributed by atoms with E-state index in [4.69, 9.17) is 0 Å². The van der Waals surface area contributed by atoms with Crippen LogP contribution in [0.15, 0.2) is 29.1 Å². The van der Waals surface area contributed by atoms with E-state index in [1.54, 1.807) is 13.8 Å². The van der Waals surface area contributed by atoms with Gasteiger partial charge in [-0.1, -0.05) is 37.6 Å². The number of amides is 1. The lowest BCUT2D eigenvalue weighted by atomic mass is 9.99. The summed E-state index contributed by atoms with van der Waals surface area (Å²) in [6.07, 6.45) is 2.84. The first kappa shape index (κ1) is 22.4. The van der Waals surface area contributed by atoms with Crippen molar-refractivity contribution in [2.75, 3.05) is 5.32 Å². The van der Waals surface area contributed by atoms with Crippen LogP contribution in [-0.2, 0) is 17.6 Å². The van der Waals surface area contributed by atoms with Crippen molar-refractivity contribution in [3.05, 3.63) is 67.4 Å². The van der Waals surface area contributed by atoms with Gasteiger partial charge in [0.05, 0.1) is 5.69 Å². The van der Waals surface area contributed by atoms with Crippen LogP contribution in [0.2, 0.25) is 0 Å². The lowest BCUT2D eigenvalue weighted by molar-refractivity contribution is -0.116. The van der Waals surface area contributed by atoms with Crippen LogP contribution in [0.5, 0.6) is 0 Å². The summed E-state index contributed by atoms with van der Waals surface area (Å²) in [5.74, 6) is -0.151. The maximum Gasteiger partial charge on any atom is 0.266 e. The number of nitrogens with one attached hydrogen (secondary N) is 2. The fourth-order valence-electron chi connectivity index (χ4n) is 3.68. The Morgan fingerprint density at radius 3 is 2.55 bits per heavy atom. The van der Waals surface area contributed by atoms with Crippen molar-refractivity contribution in [2.45, 2.75) is 53.4 Å². The van der Waals surface area contributed by atoms with Gasteiger partial charge < -0.3 is 10.3 Å². The summed E-state index contributed by atoms with van der Waals surface area (Å²) < 4.78 is 0. The number of carbonyl (C=O) groups excluding carboxylic acids is 1. The van der Waals surface area contributed by atoms with E-state index in [-0.39, 0.29) is 23.5 Å². The molecular weight excluding hydrogens is 408 g/mol. The molecule has 7 heteroatoms. The second-order valence-electron chi connectivity index (χ2n) is 7.59. The minimum Gasteiger partial charge on any atom is -0.325 e. The topological polar surface area (TPSA) is 98.6 Å². The highest BCUT2D eigenvalue weighted by molar-refractivity contribution is 7.16. The maximum atomic E-state index is 12.5. The van der Waals surface area contributed by atoms with E-state index in [2.05, 4.69) is 46.5 Å². The first-order valence-electron chi connectivity index (χ1n) is 10.3. The summed E-state index contributed by atoms with van der Waals surface area (Å²) in [5.41, 5.74) is 5.09. The molecule has 2 N–H and O–H groups in total. The number of hydrogen-bond acceptors (Lipinski definition) is 5. The lowest BCUT2D eigenvalue weighted by Crippen LogP contribution is -2.18. The van der Waals surface area contributed by atoms with E-state index in [0.717, 1.165) is 34.5 Å². The van der Waals surface area contributed by atoms with E-state index in [1.165, 1.54) is 16.9 Å². The molecule has 3 rings (SSSR count). The molecule has 0 unspecified atom stereocenters. The summed E-state index contributed by atoms with van der Waals surface area (Å²) in [5, 5.41) is 12.7. The number of aromatic nitrogens is 2. The van der Waals surface area contributed by atoms with Gasteiger partial charge in [-0.2, -0.15) is 5.26 Å². The number of aromatic amines is 1. The van der Waals surface area contributed by atoms with Crippen LogP contribution in [0.4, 0.5) is 5.13 Å². The Labute approximate surface area is 186 Å². The molecule has 0 aliphatic rings. The normalized spacial score (nSPS) is 10.7. The van der Waals surface area contributed by atoms with Crippen LogP contribution in [-0.4, -0.2) is 15.9 Å². The van der Waals surface area contributed by atoms with E-state index < -0.39 is 0 Å². The Balaban J connectivity index is 1.69. The van der Waals surface area contributed by atoms with Gasteiger partial charge in [0.25, 0.3) is 5.56 Å². The van der Waals surface area contributed by atoms with Gasteiger partial charge in [0, 0.05) is 22.6 Å². The van der Waals surface area contributed by atoms with Gasteiger partial charge in [-0.05, 0) is 50.3 Å². The molecule has 0 saturated carbocycles. The molecule has 0 saturated heterocycles. The van der Waals surface area contributed by atoms with Gasteiger partial charge in [0.15, 0.2) is 5.13 Å². The van der Waals surface area contributed by atoms with Crippen molar-refractivity contribution < 1.29 is 4.79 Å². The Bertz CT molecular complexity index is 1200. The molecular formula is C24H26N4O2S. The number of thiazole rings is 1. The largest absolute Gasteiger partial charge is 0.325 e. The summed E-state index contributed by atoms with van der Waals surface area (Å²) >= 11 is 1.45. The number of hydrogen-bond donors (Lipinski definition) is 2. The zero-order valence-electron chi connectivity index (χ0n) is 18.3. The number of benzene rings is 1. The molecule has 0 bridgehead atoms. The van der Waals surface area contributed by atoms with Crippen molar-refractivity contribution in [1.29, 1.82) is 5.26 Å². The highest BCUT2D eigenvalue weighted by Crippen LogP contribution is 2.30. The first-order valence-corrected chi connectivity index (χ1v) is 11.1. The molecule has 31 heavy (non-hydrogen) atoms. The summed E-state index contributed by atoms with van der Waals surface area (Å²) in [7, 11) is 0. The zero-order valence-corrected chi connectivity index (χ0v) is 19.1. The summed E-state index contributed by atoms with van der Waals surface area (Å²) in [6.45, 7) is 7.69. The molecule has 160 valence electrons. The third kappa shape index (κ3) is 5.09. The van der Waals surface area contributed by atoms with Crippen LogP contribution in [0.25, 0.3) is 11.3 Å². The number of pyridine rings is 1. The number of nitrogens with zero attached hydrogens (tertiary/aromatic N) is 2. The fraction of sp³-hybridized carbons (Fsp3) is 0.333. The Morgan fingerprint density at radius 1 is 1.19 bits per heavy atom. The van der Waals surface area contributed by atoms with Crippen molar-refractivity contribution in [3.63, 3.8) is 0 Å². The Morgan fingerprint density at radius 2 is 1.90 bits per heavy atom. The predicted molar refractivity (Wildman–Crippen MR) is 124 cm³/mol. The van der Waals surface area contributed by atoms with E-state index in [0.29, 0.717) is 22.8 Å². The maximum absolute atomic E-state index is 12.5. The minimum atomic E-state index is -0.390. The molecule has 0 fully saturated rings. The first-order chi connectivity index (χ1) is 14.8. The van der Waals surface area contributed by atoms with Gasteiger partial charge in [-0.15, -0.1) is 11.3 Å². The lowest BCUT2D eigenvalue weighted by Gasteiger charge is -2.10. The van der Waals surface area contributed by atoms with Crippen molar-refractivity contribution in [1.82, 2.24) is 9.97 Å². The van der Waals surface area contributed by atoms with Crippen molar-refractivity contribution >= 4 is 22.4 Å². The average Bonchev–Trinajstić information content (AvgIpc) is 3.08. The Hall–Kier alpha value is -3.24. The molecule has 2 aromatic heterocycles. The molecule has 0 spiro atoms. The molecule has 1 amide bonds.